The summed E-state index contributed by atoms with van der Waals surface area (Å²) in [6.45, 7) is 9.10. The fourth-order valence-electron chi connectivity index (χ4n) is 2.57. The molecule has 0 aromatic rings. The Morgan fingerprint density at radius 1 is 1.39 bits per heavy atom. The zero-order valence-electron chi connectivity index (χ0n) is 12.4. The van der Waals surface area contributed by atoms with E-state index < -0.39 is 0 Å². The van der Waals surface area contributed by atoms with E-state index in [1.54, 1.807) is 0 Å². The molecule has 0 saturated carbocycles. The van der Waals surface area contributed by atoms with E-state index in [4.69, 9.17) is 5.73 Å². The van der Waals surface area contributed by atoms with Gasteiger partial charge in [0.25, 0.3) is 0 Å². The molecule has 1 unspecified atom stereocenters. The van der Waals surface area contributed by atoms with E-state index in [1.807, 2.05) is 0 Å². The molecule has 1 amide bonds. The third-order valence-electron chi connectivity index (χ3n) is 4.23. The van der Waals surface area contributed by atoms with E-state index in [9.17, 15) is 4.79 Å². The van der Waals surface area contributed by atoms with Crippen molar-refractivity contribution in [2.24, 2.45) is 17.1 Å². The molecule has 0 aromatic carbocycles. The molecule has 18 heavy (non-hydrogen) atoms. The van der Waals surface area contributed by atoms with Gasteiger partial charge in [-0.25, -0.2) is 0 Å². The molecule has 1 rings (SSSR count). The Hall–Kier alpha value is -0.570. The van der Waals surface area contributed by atoms with Crippen LogP contribution in [0.2, 0.25) is 0 Å². The third kappa shape index (κ3) is 4.97. The van der Waals surface area contributed by atoms with Crippen molar-refractivity contribution in [3.05, 3.63) is 0 Å². The highest BCUT2D eigenvalue weighted by Gasteiger charge is 2.24. The molecule has 1 saturated heterocycles. The molecular formula is C15H30N2O. The lowest BCUT2D eigenvalue weighted by molar-refractivity contribution is -0.131. The number of hydrogen-bond acceptors (Lipinski definition) is 2. The van der Waals surface area contributed by atoms with Crippen molar-refractivity contribution >= 4 is 5.91 Å². The van der Waals surface area contributed by atoms with Crippen LogP contribution in [-0.2, 0) is 4.79 Å². The summed E-state index contributed by atoms with van der Waals surface area (Å²) in [7, 11) is 0. The molecule has 3 heteroatoms. The first-order chi connectivity index (χ1) is 8.48. The minimum atomic E-state index is 0.148. The summed E-state index contributed by atoms with van der Waals surface area (Å²) in [4.78, 5) is 14.1. The van der Waals surface area contributed by atoms with Crippen LogP contribution < -0.4 is 5.73 Å². The van der Waals surface area contributed by atoms with Crippen LogP contribution in [0.25, 0.3) is 0 Å². The predicted octanol–water partition coefficient (Wildman–Crippen LogP) is 2.79. The molecule has 1 aliphatic rings. The lowest BCUT2D eigenvalue weighted by Crippen LogP contribution is -2.35. The number of carbonyl (C=O) groups is 1. The summed E-state index contributed by atoms with van der Waals surface area (Å²) >= 11 is 0. The quantitative estimate of drug-likeness (QED) is 0.792. The molecule has 0 bridgehead atoms. The Balaban J connectivity index is 2.43. The second-order valence-corrected chi connectivity index (χ2v) is 6.48. The standard InChI is InChI=1S/C15H30N2O/c1-4-5-13-6-7-14(18)17(10-8-13)11-9-15(2,3)12-16/h13H,4-12,16H2,1-3H3. The normalized spacial score (nSPS) is 22.1. The zero-order chi connectivity index (χ0) is 13.6. The van der Waals surface area contributed by atoms with E-state index in [-0.39, 0.29) is 5.41 Å². The fraction of sp³-hybridized carbons (Fsp3) is 0.933. The maximum Gasteiger partial charge on any atom is 0.222 e. The number of rotatable bonds is 6. The second-order valence-electron chi connectivity index (χ2n) is 6.48. The van der Waals surface area contributed by atoms with Crippen molar-refractivity contribution in [2.75, 3.05) is 19.6 Å². The Bertz CT molecular complexity index is 263. The predicted molar refractivity (Wildman–Crippen MR) is 76.3 cm³/mol. The number of amides is 1. The first-order valence-electron chi connectivity index (χ1n) is 7.46. The van der Waals surface area contributed by atoms with E-state index in [0.29, 0.717) is 12.5 Å². The van der Waals surface area contributed by atoms with Crippen molar-refractivity contribution in [3.63, 3.8) is 0 Å². The zero-order valence-corrected chi connectivity index (χ0v) is 12.4. The Morgan fingerprint density at radius 2 is 2.11 bits per heavy atom. The summed E-state index contributed by atoms with van der Waals surface area (Å²) < 4.78 is 0. The smallest absolute Gasteiger partial charge is 0.222 e. The van der Waals surface area contributed by atoms with Gasteiger partial charge in [0, 0.05) is 19.5 Å². The first-order valence-corrected chi connectivity index (χ1v) is 7.46. The van der Waals surface area contributed by atoms with E-state index in [1.165, 1.54) is 19.3 Å². The Kier molecular flexibility index (Phi) is 6.13. The monoisotopic (exact) mass is 254 g/mol. The van der Waals surface area contributed by atoms with Gasteiger partial charge < -0.3 is 10.6 Å². The molecular weight excluding hydrogens is 224 g/mol. The molecule has 2 N–H and O–H groups in total. The first kappa shape index (κ1) is 15.5. The summed E-state index contributed by atoms with van der Waals surface area (Å²) in [5, 5.41) is 0. The minimum absolute atomic E-state index is 0.148. The number of carbonyl (C=O) groups excluding carboxylic acids is 1. The Morgan fingerprint density at radius 3 is 2.72 bits per heavy atom. The van der Waals surface area contributed by atoms with Gasteiger partial charge in [0.2, 0.25) is 5.91 Å². The van der Waals surface area contributed by atoms with Crippen molar-refractivity contribution in [3.8, 4) is 0 Å². The Labute approximate surface area is 112 Å². The van der Waals surface area contributed by atoms with Crippen molar-refractivity contribution in [1.29, 1.82) is 0 Å². The number of nitrogens with zero attached hydrogens (tertiary/aromatic N) is 1. The average Bonchev–Trinajstić information content (AvgIpc) is 2.51. The van der Waals surface area contributed by atoms with Crippen LogP contribution in [-0.4, -0.2) is 30.4 Å². The van der Waals surface area contributed by atoms with E-state index >= 15 is 0 Å². The maximum atomic E-state index is 12.1. The summed E-state index contributed by atoms with van der Waals surface area (Å²) in [6, 6.07) is 0. The summed E-state index contributed by atoms with van der Waals surface area (Å²) in [5.41, 5.74) is 5.89. The highest BCUT2D eigenvalue weighted by Crippen LogP contribution is 2.24. The van der Waals surface area contributed by atoms with Crippen molar-refractivity contribution in [1.82, 2.24) is 4.90 Å². The molecule has 0 spiro atoms. The highest BCUT2D eigenvalue weighted by molar-refractivity contribution is 5.76. The second kappa shape index (κ2) is 7.13. The molecule has 3 nitrogen and oxygen atoms in total. The maximum absolute atomic E-state index is 12.1. The van der Waals surface area contributed by atoms with Crippen LogP contribution in [0.5, 0.6) is 0 Å². The third-order valence-corrected chi connectivity index (χ3v) is 4.23. The van der Waals surface area contributed by atoms with Crippen molar-refractivity contribution < 1.29 is 4.79 Å². The lowest BCUT2D eigenvalue weighted by Gasteiger charge is -2.27. The SMILES string of the molecule is CCCC1CCC(=O)N(CCC(C)(C)CN)CC1. The van der Waals surface area contributed by atoms with Gasteiger partial charge in [-0.15, -0.1) is 0 Å². The number of nitrogens with two attached hydrogens (primary N) is 1. The van der Waals surface area contributed by atoms with E-state index in [0.717, 1.165) is 38.3 Å². The van der Waals surface area contributed by atoms with Crippen LogP contribution >= 0.6 is 0 Å². The van der Waals surface area contributed by atoms with Gasteiger partial charge in [-0.2, -0.15) is 0 Å². The summed E-state index contributed by atoms with van der Waals surface area (Å²) in [5.74, 6) is 1.10. The van der Waals surface area contributed by atoms with Gasteiger partial charge in [0.1, 0.15) is 0 Å². The molecule has 1 aliphatic heterocycles. The number of hydrogen-bond donors (Lipinski definition) is 1. The van der Waals surface area contributed by atoms with Gasteiger partial charge in [-0.3, -0.25) is 4.79 Å². The molecule has 0 radical (unpaired) electrons. The molecule has 106 valence electrons. The van der Waals surface area contributed by atoms with Gasteiger partial charge in [0.05, 0.1) is 0 Å². The molecule has 0 aromatic heterocycles. The number of likely N-dealkylation sites (tertiary alicyclic amines) is 1. The highest BCUT2D eigenvalue weighted by atomic mass is 16.2. The largest absolute Gasteiger partial charge is 0.343 e. The molecule has 1 atom stereocenters. The molecule has 0 aliphatic carbocycles. The lowest BCUT2D eigenvalue weighted by atomic mass is 9.89. The van der Waals surface area contributed by atoms with Gasteiger partial charge in [0.15, 0.2) is 0 Å². The van der Waals surface area contributed by atoms with E-state index in [2.05, 4.69) is 25.7 Å². The van der Waals surface area contributed by atoms with Crippen LogP contribution in [0.15, 0.2) is 0 Å². The topological polar surface area (TPSA) is 46.3 Å². The molecule has 1 heterocycles. The minimum Gasteiger partial charge on any atom is -0.343 e. The van der Waals surface area contributed by atoms with Crippen LogP contribution in [0.1, 0.15) is 59.3 Å². The summed E-state index contributed by atoms with van der Waals surface area (Å²) in [6.07, 6.45) is 6.53. The average molecular weight is 254 g/mol. The van der Waals surface area contributed by atoms with Gasteiger partial charge in [-0.1, -0.05) is 33.6 Å². The van der Waals surface area contributed by atoms with Crippen LogP contribution in [0.4, 0.5) is 0 Å². The van der Waals surface area contributed by atoms with Gasteiger partial charge >= 0.3 is 0 Å². The van der Waals surface area contributed by atoms with Crippen LogP contribution in [0.3, 0.4) is 0 Å². The van der Waals surface area contributed by atoms with Gasteiger partial charge in [-0.05, 0) is 37.1 Å². The van der Waals surface area contributed by atoms with Crippen LogP contribution in [0, 0.1) is 11.3 Å². The van der Waals surface area contributed by atoms with Crippen molar-refractivity contribution in [2.45, 2.75) is 59.3 Å². The molecule has 1 fully saturated rings. The fourth-order valence-corrected chi connectivity index (χ4v) is 2.57.